The molecule has 0 saturated carbocycles. The van der Waals surface area contributed by atoms with Gasteiger partial charge in [0.1, 0.15) is 6.04 Å². The van der Waals surface area contributed by atoms with Crippen LogP contribution >= 0.6 is 0 Å². The van der Waals surface area contributed by atoms with E-state index >= 15 is 0 Å². The summed E-state index contributed by atoms with van der Waals surface area (Å²) in [5.74, 6) is -0.446. The Morgan fingerprint density at radius 1 is 1.23 bits per heavy atom. The van der Waals surface area contributed by atoms with Crippen molar-refractivity contribution in [3.63, 3.8) is 0 Å². The Labute approximate surface area is 153 Å². The number of benzene rings is 1. The van der Waals surface area contributed by atoms with Gasteiger partial charge < -0.3 is 20.1 Å². The summed E-state index contributed by atoms with van der Waals surface area (Å²) in [7, 11) is 0. The predicted octanol–water partition coefficient (Wildman–Crippen LogP) is 0.482. The Morgan fingerprint density at radius 2 is 1.92 bits per heavy atom. The molecule has 0 aromatic heterocycles. The highest BCUT2D eigenvalue weighted by atomic mass is 16.5. The molecule has 0 radical (unpaired) electrons. The highest BCUT2D eigenvalue weighted by molar-refractivity contribution is 5.97. The second kappa shape index (κ2) is 8.62. The summed E-state index contributed by atoms with van der Waals surface area (Å²) in [6.07, 6.45) is 0.599. The van der Waals surface area contributed by atoms with Crippen LogP contribution in [0.2, 0.25) is 0 Å². The van der Waals surface area contributed by atoms with Crippen LogP contribution in [0.3, 0.4) is 0 Å². The van der Waals surface area contributed by atoms with E-state index in [9.17, 15) is 14.7 Å². The molecule has 3 rings (SSSR count). The zero-order chi connectivity index (χ0) is 18.5. The summed E-state index contributed by atoms with van der Waals surface area (Å²) in [5, 5.41) is 12.6. The van der Waals surface area contributed by atoms with Gasteiger partial charge in [-0.15, -0.1) is 0 Å². The number of carbonyl (C=O) groups is 2. The number of likely N-dealkylation sites (tertiary alicyclic amines) is 1. The van der Waals surface area contributed by atoms with E-state index in [1.165, 1.54) is 17.4 Å². The fourth-order valence-electron chi connectivity index (χ4n) is 3.50. The second-order valence-corrected chi connectivity index (χ2v) is 6.97. The Hall–Kier alpha value is -1.96. The number of rotatable bonds is 5. The van der Waals surface area contributed by atoms with Crippen molar-refractivity contribution in [2.75, 3.05) is 44.7 Å². The lowest BCUT2D eigenvalue weighted by Crippen LogP contribution is -2.42. The van der Waals surface area contributed by atoms with Crippen LogP contribution in [0.5, 0.6) is 0 Å². The molecule has 0 unspecified atom stereocenters. The quantitative estimate of drug-likeness (QED) is 0.797. The van der Waals surface area contributed by atoms with Crippen LogP contribution in [0, 0.1) is 0 Å². The third-order valence-electron chi connectivity index (χ3n) is 5.03. The minimum Gasteiger partial charge on any atom is -0.391 e. The summed E-state index contributed by atoms with van der Waals surface area (Å²) < 4.78 is 5.35. The lowest BCUT2D eigenvalue weighted by molar-refractivity contribution is -0.134. The molecule has 0 bridgehead atoms. The van der Waals surface area contributed by atoms with Crippen LogP contribution in [0.25, 0.3) is 0 Å². The molecule has 2 amide bonds. The average Bonchev–Trinajstić information content (AvgIpc) is 3.04. The first-order valence-corrected chi connectivity index (χ1v) is 9.18. The number of amides is 2. The summed E-state index contributed by atoms with van der Waals surface area (Å²) in [6, 6.07) is 7.19. The number of hydrogen-bond donors (Lipinski definition) is 2. The summed E-state index contributed by atoms with van der Waals surface area (Å²) in [5.41, 5.74) is 1.92. The fraction of sp³-hybridized carbons (Fsp3) is 0.579. The first-order chi connectivity index (χ1) is 12.5. The third-order valence-corrected chi connectivity index (χ3v) is 5.03. The fourth-order valence-corrected chi connectivity index (χ4v) is 3.50. The van der Waals surface area contributed by atoms with Gasteiger partial charge in [-0.3, -0.25) is 14.5 Å². The van der Waals surface area contributed by atoms with E-state index in [2.05, 4.69) is 10.2 Å². The molecule has 142 valence electrons. The van der Waals surface area contributed by atoms with Gasteiger partial charge in [0.05, 0.1) is 19.3 Å². The lowest BCUT2D eigenvalue weighted by atomic mass is 10.1. The second-order valence-electron chi connectivity index (χ2n) is 6.97. The Morgan fingerprint density at radius 3 is 2.58 bits per heavy atom. The van der Waals surface area contributed by atoms with Crippen molar-refractivity contribution in [1.82, 2.24) is 9.80 Å². The van der Waals surface area contributed by atoms with Gasteiger partial charge in [0.25, 0.3) is 0 Å². The van der Waals surface area contributed by atoms with Crippen molar-refractivity contribution in [3.8, 4) is 0 Å². The first-order valence-electron chi connectivity index (χ1n) is 9.18. The maximum absolute atomic E-state index is 12.5. The van der Waals surface area contributed by atoms with Crippen molar-refractivity contribution < 1.29 is 19.4 Å². The molecule has 2 atom stereocenters. The van der Waals surface area contributed by atoms with E-state index < -0.39 is 12.1 Å². The molecule has 2 aliphatic rings. The van der Waals surface area contributed by atoms with Gasteiger partial charge in [0, 0.05) is 45.2 Å². The molecule has 2 aliphatic heterocycles. The number of carbonyl (C=O) groups excluding carboxylic acids is 2. The van der Waals surface area contributed by atoms with E-state index in [0.717, 1.165) is 39.3 Å². The zero-order valence-corrected chi connectivity index (χ0v) is 15.2. The molecule has 26 heavy (non-hydrogen) atoms. The SMILES string of the molecule is CC(=O)N1C[C@@H](O)C[C@@H]1C(=O)Nc1ccc(CCN2CCOCC2)cc1. The molecule has 7 heteroatoms. The average molecular weight is 361 g/mol. The summed E-state index contributed by atoms with van der Waals surface area (Å²) >= 11 is 0. The first kappa shape index (κ1) is 18.8. The highest BCUT2D eigenvalue weighted by Crippen LogP contribution is 2.20. The highest BCUT2D eigenvalue weighted by Gasteiger charge is 2.37. The van der Waals surface area contributed by atoms with E-state index in [4.69, 9.17) is 4.74 Å². The smallest absolute Gasteiger partial charge is 0.247 e. The molecular formula is C19H27N3O4. The monoisotopic (exact) mass is 361 g/mol. The third kappa shape index (κ3) is 4.81. The molecule has 2 saturated heterocycles. The van der Waals surface area contributed by atoms with Gasteiger partial charge in [-0.05, 0) is 24.1 Å². The summed E-state index contributed by atoms with van der Waals surface area (Å²) in [4.78, 5) is 27.9. The molecule has 0 spiro atoms. The van der Waals surface area contributed by atoms with Gasteiger partial charge in [0.15, 0.2) is 0 Å². The van der Waals surface area contributed by atoms with Gasteiger partial charge >= 0.3 is 0 Å². The maximum Gasteiger partial charge on any atom is 0.247 e. The summed E-state index contributed by atoms with van der Waals surface area (Å²) in [6.45, 7) is 6.20. The lowest BCUT2D eigenvalue weighted by Gasteiger charge is -2.26. The van der Waals surface area contributed by atoms with Crippen molar-refractivity contribution in [2.45, 2.75) is 31.9 Å². The number of β-amino-alcohol motifs (C(OH)–C–C–N with tert-alkyl or cyclic N) is 1. The van der Waals surface area contributed by atoms with Gasteiger partial charge in [-0.2, -0.15) is 0 Å². The van der Waals surface area contributed by atoms with E-state index in [1.54, 1.807) is 0 Å². The van der Waals surface area contributed by atoms with Gasteiger partial charge in [0.2, 0.25) is 11.8 Å². The molecule has 2 fully saturated rings. The van der Waals surface area contributed by atoms with Crippen LogP contribution in [0.4, 0.5) is 5.69 Å². The molecule has 1 aromatic rings. The molecule has 2 heterocycles. The van der Waals surface area contributed by atoms with Crippen LogP contribution < -0.4 is 5.32 Å². The number of anilines is 1. The van der Waals surface area contributed by atoms with Gasteiger partial charge in [-0.1, -0.05) is 12.1 Å². The topological polar surface area (TPSA) is 82.1 Å². The number of ether oxygens (including phenoxy) is 1. The standard InChI is InChI=1S/C19H27N3O4/c1-14(23)22-13-17(24)12-18(22)19(25)20-16-4-2-15(3-5-16)6-7-21-8-10-26-11-9-21/h2-5,17-18,24H,6-13H2,1H3,(H,20,25)/t17-,18+/m0/s1. The maximum atomic E-state index is 12.5. The number of aliphatic hydroxyl groups is 1. The molecule has 1 aromatic carbocycles. The van der Waals surface area contributed by atoms with E-state index in [-0.39, 0.29) is 24.8 Å². The van der Waals surface area contributed by atoms with Crippen molar-refractivity contribution in [2.24, 2.45) is 0 Å². The molecule has 7 nitrogen and oxygen atoms in total. The van der Waals surface area contributed by atoms with Crippen molar-refractivity contribution in [3.05, 3.63) is 29.8 Å². The Balaban J connectivity index is 1.51. The minimum absolute atomic E-state index is 0.194. The van der Waals surface area contributed by atoms with Gasteiger partial charge in [-0.25, -0.2) is 0 Å². The van der Waals surface area contributed by atoms with E-state index in [0.29, 0.717) is 5.69 Å². The Kier molecular flexibility index (Phi) is 6.24. The Bertz CT molecular complexity index is 628. The van der Waals surface area contributed by atoms with E-state index in [1.807, 2.05) is 24.3 Å². The number of morpholine rings is 1. The van der Waals surface area contributed by atoms with Crippen LogP contribution in [0.15, 0.2) is 24.3 Å². The number of hydrogen-bond acceptors (Lipinski definition) is 5. The zero-order valence-electron chi connectivity index (χ0n) is 15.2. The number of nitrogens with zero attached hydrogens (tertiary/aromatic N) is 2. The molecule has 0 aliphatic carbocycles. The predicted molar refractivity (Wildman–Crippen MR) is 97.8 cm³/mol. The normalized spacial score (nSPS) is 23.8. The van der Waals surface area contributed by atoms with Crippen molar-refractivity contribution >= 4 is 17.5 Å². The largest absolute Gasteiger partial charge is 0.391 e. The molecular weight excluding hydrogens is 334 g/mol. The van der Waals surface area contributed by atoms with Crippen LogP contribution in [0.1, 0.15) is 18.9 Å². The minimum atomic E-state index is -0.641. The molecule has 2 N–H and O–H groups in total. The number of aliphatic hydroxyl groups excluding tert-OH is 1. The number of nitrogens with one attached hydrogen (secondary N) is 1. The van der Waals surface area contributed by atoms with Crippen molar-refractivity contribution in [1.29, 1.82) is 0 Å². The van der Waals surface area contributed by atoms with Crippen LogP contribution in [-0.2, 0) is 20.7 Å². The van der Waals surface area contributed by atoms with Crippen LogP contribution in [-0.4, -0.2) is 78.3 Å².